The molecule has 162 valence electrons. The molecule has 31 heavy (non-hydrogen) atoms. The van der Waals surface area contributed by atoms with Gasteiger partial charge >= 0.3 is 0 Å². The zero-order valence-electron chi connectivity index (χ0n) is 16.7. The molecule has 0 radical (unpaired) electrons. The van der Waals surface area contributed by atoms with Crippen molar-refractivity contribution in [3.8, 4) is 0 Å². The highest BCUT2D eigenvalue weighted by atomic mass is 19.1. The second-order valence-corrected chi connectivity index (χ2v) is 7.27. The van der Waals surface area contributed by atoms with Crippen LogP contribution in [-0.4, -0.2) is 47.2 Å². The highest BCUT2D eigenvalue weighted by Gasteiger charge is 2.36. The van der Waals surface area contributed by atoms with Crippen molar-refractivity contribution >= 4 is 29.3 Å². The van der Waals surface area contributed by atoms with Crippen molar-refractivity contribution in [1.82, 2.24) is 10.2 Å². The van der Waals surface area contributed by atoms with E-state index in [1.807, 2.05) is 30.3 Å². The summed E-state index contributed by atoms with van der Waals surface area (Å²) in [4.78, 5) is 50.4. The molecule has 1 heterocycles. The smallest absolute Gasteiger partial charge is 0.252 e. The quantitative estimate of drug-likeness (QED) is 0.570. The number of hydrogen-bond donors (Lipinski definition) is 3. The monoisotopic (exact) mass is 426 g/mol. The molecule has 1 aliphatic heterocycles. The number of anilines is 1. The van der Waals surface area contributed by atoms with Gasteiger partial charge in [0.05, 0.1) is 6.04 Å². The van der Waals surface area contributed by atoms with Gasteiger partial charge in [-0.1, -0.05) is 30.3 Å². The fourth-order valence-corrected chi connectivity index (χ4v) is 3.25. The van der Waals surface area contributed by atoms with Gasteiger partial charge in [-0.3, -0.25) is 24.1 Å². The fraction of sp³-hybridized carbons (Fsp3) is 0.273. The van der Waals surface area contributed by atoms with E-state index in [1.165, 1.54) is 24.3 Å². The molecule has 2 aromatic rings. The molecule has 4 N–H and O–H groups in total. The molecule has 8 nitrogen and oxygen atoms in total. The molecule has 2 atom stereocenters. The molecular weight excluding hydrogens is 403 g/mol. The first-order valence-electron chi connectivity index (χ1n) is 9.83. The Hall–Kier alpha value is -3.59. The van der Waals surface area contributed by atoms with Crippen LogP contribution in [0.4, 0.5) is 10.1 Å². The van der Waals surface area contributed by atoms with E-state index in [2.05, 4.69) is 10.6 Å². The predicted molar refractivity (Wildman–Crippen MR) is 111 cm³/mol. The van der Waals surface area contributed by atoms with E-state index in [4.69, 9.17) is 5.73 Å². The number of imide groups is 1. The maximum atomic E-state index is 13.0. The molecule has 4 amide bonds. The summed E-state index contributed by atoms with van der Waals surface area (Å²) in [5.74, 6) is -2.74. The van der Waals surface area contributed by atoms with Crippen LogP contribution in [0, 0.1) is 5.82 Å². The van der Waals surface area contributed by atoms with Crippen molar-refractivity contribution in [1.29, 1.82) is 0 Å². The molecule has 1 fully saturated rings. The molecule has 3 rings (SSSR count). The highest BCUT2D eigenvalue weighted by molar-refractivity contribution is 6.06. The second-order valence-electron chi connectivity index (χ2n) is 7.27. The van der Waals surface area contributed by atoms with Crippen molar-refractivity contribution in [2.45, 2.75) is 31.3 Å². The fourth-order valence-electron chi connectivity index (χ4n) is 3.25. The number of amides is 4. The number of nitrogens with two attached hydrogens (primary N) is 1. The van der Waals surface area contributed by atoms with E-state index in [0.717, 1.165) is 10.5 Å². The van der Waals surface area contributed by atoms with Gasteiger partial charge < -0.3 is 16.4 Å². The number of piperidine rings is 1. The SMILES string of the molecule is N[C@@H](Cc1ccccc1)C(=O)N[C@H]1CCC(=O)N(CC(=O)Nc2ccc(F)cc2)C1=O. The van der Waals surface area contributed by atoms with Gasteiger partial charge in [0, 0.05) is 12.1 Å². The highest BCUT2D eigenvalue weighted by Crippen LogP contribution is 2.15. The molecule has 1 saturated heterocycles. The number of carbonyl (C=O) groups is 4. The van der Waals surface area contributed by atoms with E-state index >= 15 is 0 Å². The van der Waals surface area contributed by atoms with Crippen LogP contribution < -0.4 is 16.4 Å². The van der Waals surface area contributed by atoms with E-state index in [0.29, 0.717) is 12.1 Å². The zero-order valence-corrected chi connectivity index (χ0v) is 16.7. The first-order chi connectivity index (χ1) is 14.8. The molecular formula is C22H23FN4O4. The first kappa shape index (κ1) is 22.1. The zero-order chi connectivity index (χ0) is 22.4. The molecule has 9 heteroatoms. The standard InChI is InChI=1S/C22H23FN4O4/c23-15-6-8-16(9-7-15)25-19(28)13-27-20(29)11-10-18(22(27)31)26-21(30)17(24)12-14-4-2-1-3-5-14/h1-9,17-18H,10-13,24H2,(H,25,28)(H,26,30)/t17-,18-/m0/s1. The summed E-state index contributed by atoms with van der Waals surface area (Å²) >= 11 is 0. The minimum atomic E-state index is -0.939. The van der Waals surface area contributed by atoms with E-state index in [9.17, 15) is 23.6 Å². The lowest BCUT2D eigenvalue weighted by atomic mass is 10.0. The Morgan fingerprint density at radius 2 is 1.77 bits per heavy atom. The van der Waals surface area contributed by atoms with Gasteiger partial charge in [0.15, 0.2) is 0 Å². The normalized spacial score (nSPS) is 17.2. The van der Waals surface area contributed by atoms with Crippen molar-refractivity contribution in [2.75, 3.05) is 11.9 Å². The molecule has 0 spiro atoms. The van der Waals surface area contributed by atoms with Gasteiger partial charge in [-0.05, 0) is 42.7 Å². The molecule has 0 aromatic heterocycles. The van der Waals surface area contributed by atoms with Gasteiger partial charge in [0.25, 0.3) is 5.91 Å². The predicted octanol–water partition coefficient (Wildman–Crippen LogP) is 0.968. The summed E-state index contributed by atoms with van der Waals surface area (Å²) in [5, 5.41) is 5.09. The van der Waals surface area contributed by atoms with Crippen molar-refractivity contribution in [3.05, 3.63) is 66.0 Å². The first-order valence-corrected chi connectivity index (χ1v) is 9.83. The van der Waals surface area contributed by atoms with Crippen LogP contribution in [0.25, 0.3) is 0 Å². The maximum absolute atomic E-state index is 13.0. The van der Waals surface area contributed by atoms with Crippen LogP contribution in [0.5, 0.6) is 0 Å². The Bertz CT molecular complexity index is 965. The average molecular weight is 426 g/mol. The summed E-state index contributed by atoms with van der Waals surface area (Å²) in [6.45, 7) is -0.502. The Morgan fingerprint density at radius 1 is 1.10 bits per heavy atom. The lowest BCUT2D eigenvalue weighted by molar-refractivity contribution is -0.152. The topological polar surface area (TPSA) is 122 Å². The van der Waals surface area contributed by atoms with Gasteiger partial charge in [-0.25, -0.2) is 4.39 Å². The molecule has 2 aromatic carbocycles. The number of benzene rings is 2. The summed E-state index contributed by atoms with van der Waals surface area (Å²) in [5.41, 5.74) is 7.17. The molecule has 0 bridgehead atoms. The minimum absolute atomic E-state index is 0.00837. The molecule has 0 unspecified atom stereocenters. The Labute approximate surface area is 178 Å². The third-order valence-electron chi connectivity index (χ3n) is 4.89. The van der Waals surface area contributed by atoms with E-state index in [-0.39, 0.29) is 12.8 Å². The van der Waals surface area contributed by atoms with Gasteiger partial charge in [0.2, 0.25) is 17.7 Å². The molecule has 0 saturated carbocycles. The number of rotatable bonds is 7. The van der Waals surface area contributed by atoms with Crippen molar-refractivity contribution < 1.29 is 23.6 Å². The second kappa shape index (κ2) is 9.94. The summed E-state index contributed by atoms with van der Waals surface area (Å²) < 4.78 is 13.0. The van der Waals surface area contributed by atoms with Crippen molar-refractivity contribution in [2.24, 2.45) is 5.73 Å². The Balaban J connectivity index is 1.57. The van der Waals surface area contributed by atoms with Crippen LogP contribution in [0.3, 0.4) is 0 Å². The summed E-state index contributed by atoms with van der Waals surface area (Å²) in [7, 11) is 0. The number of nitrogens with zero attached hydrogens (tertiary/aromatic N) is 1. The number of nitrogens with one attached hydrogen (secondary N) is 2. The Kier molecular flexibility index (Phi) is 7.09. The van der Waals surface area contributed by atoms with E-state index < -0.39 is 48.1 Å². The summed E-state index contributed by atoms with van der Waals surface area (Å²) in [6.07, 6.45) is 0.447. The van der Waals surface area contributed by atoms with Gasteiger partial charge in [0.1, 0.15) is 18.4 Å². The van der Waals surface area contributed by atoms with Crippen LogP contribution in [0.15, 0.2) is 54.6 Å². The lowest BCUT2D eigenvalue weighted by Crippen LogP contribution is -2.58. The van der Waals surface area contributed by atoms with E-state index in [1.54, 1.807) is 0 Å². The third-order valence-corrected chi connectivity index (χ3v) is 4.89. The average Bonchev–Trinajstić information content (AvgIpc) is 2.75. The molecule has 1 aliphatic rings. The maximum Gasteiger partial charge on any atom is 0.252 e. The minimum Gasteiger partial charge on any atom is -0.343 e. The Morgan fingerprint density at radius 3 is 2.45 bits per heavy atom. The number of likely N-dealkylation sites (tertiary alicyclic amines) is 1. The van der Waals surface area contributed by atoms with Gasteiger partial charge in [-0.15, -0.1) is 0 Å². The van der Waals surface area contributed by atoms with Gasteiger partial charge in [-0.2, -0.15) is 0 Å². The number of halogens is 1. The summed E-state index contributed by atoms with van der Waals surface area (Å²) in [6, 6.07) is 12.5. The van der Waals surface area contributed by atoms with Crippen LogP contribution >= 0.6 is 0 Å². The van der Waals surface area contributed by atoms with Crippen LogP contribution in [0.2, 0.25) is 0 Å². The number of hydrogen-bond acceptors (Lipinski definition) is 5. The van der Waals surface area contributed by atoms with Crippen LogP contribution in [-0.2, 0) is 25.6 Å². The van der Waals surface area contributed by atoms with Crippen molar-refractivity contribution in [3.63, 3.8) is 0 Å². The largest absolute Gasteiger partial charge is 0.343 e. The molecule has 0 aliphatic carbocycles. The third kappa shape index (κ3) is 5.95. The number of carbonyl (C=O) groups excluding carboxylic acids is 4. The lowest BCUT2D eigenvalue weighted by Gasteiger charge is -2.31. The van der Waals surface area contributed by atoms with Crippen LogP contribution in [0.1, 0.15) is 18.4 Å².